The molecule has 0 saturated carbocycles. The van der Waals surface area contributed by atoms with Crippen molar-refractivity contribution in [3.63, 3.8) is 0 Å². The van der Waals surface area contributed by atoms with Crippen LogP contribution >= 0.6 is 0 Å². The van der Waals surface area contributed by atoms with Gasteiger partial charge in [0.25, 0.3) is 0 Å². The number of aryl methyl sites for hydroxylation is 1. The number of hydrogen-bond donors (Lipinski definition) is 0. The van der Waals surface area contributed by atoms with Crippen molar-refractivity contribution < 1.29 is 4.42 Å². The first-order valence-corrected chi connectivity index (χ1v) is 9.37. The standard InChI is InChI=1S/C23H23N3O/c1-4-26(5-2)19-10-12-21-23(15-19)27-22-14-18(9-11-20(22)25-21)24-17-8-6-7-16(3)13-17/h6-15H,4-5H2,1-3H3. The zero-order valence-electron chi connectivity index (χ0n) is 15.9. The van der Waals surface area contributed by atoms with Crippen LogP contribution in [0.1, 0.15) is 19.4 Å². The van der Waals surface area contributed by atoms with E-state index in [-0.39, 0.29) is 0 Å². The lowest BCUT2D eigenvalue weighted by Gasteiger charge is -2.21. The number of nitrogens with zero attached hydrogens (tertiary/aromatic N) is 3. The van der Waals surface area contributed by atoms with Gasteiger partial charge in [-0.2, -0.15) is 0 Å². The van der Waals surface area contributed by atoms with Crippen molar-refractivity contribution in [1.29, 1.82) is 0 Å². The van der Waals surface area contributed by atoms with Crippen LogP contribution in [0.2, 0.25) is 0 Å². The fraction of sp³-hybridized carbons (Fsp3) is 0.217. The minimum atomic E-state index is 0.744. The number of benzene rings is 3. The van der Waals surface area contributed by atoms with Crippen LogP contribution in [0, 0.1) is 6.92 Å². The summed E-state index contributed by atoms with van der Waals surface area (Å²) in [4.78, 5) is 11.7. The van der Waals surface area contributed by atoms with Gasteiger partial charge in [0.05, 0.1) is 11.0 Å². The molecule has 2 aromatic carbocycles. The van der Waals surface area contributed by atoms with Gasteiger partial charge in [0.1, 0.15) is 11.2 Å². The molecule has 0 N–H and O–H groups in total. The predicted octanol–water partition coefficient (Wildman–Crippen LogP) is 5.32. The maximum Gasteiger partial charge on any atom is 0.155 e. The highest BCUT2D eigenvalue weighted by atomic mass is 16.3. The zero-order valence-corrected chi connectivity index (χ0v) is 15.9. The normalized spacial score (nSPS) is 12.0. The Kier molecular flexibility index (Phi) is 4.63. The van der Waals surface area contributed by atoms with Gasteiger partial charge in [0, 0.05) is 30.9 Å². The minimum Gasteiger partial charge on any atom is -0.453 e. The van der Waals surface area contributed by atoms with E-state index >= 15 is 0 Å². The van der Waals surface area contributed by atoms with Gasteiger partial charge in [-0.15, -0.1) is 0 Å². The summed E-state index contributed by atoms with van der Waals surface area (Å²) < 4.78 is 6.18. The van der Waals surface area contributed by atoms with Crippen LogP contribution in [-0.4, -0.2) is 18.1 Å². The Morgan fingerprint density at radius 1 is 0.963 bits per heavy atom. The van der Waals surface area contributed by atoms with Crippen LogP contribution in [0.3, 0.4) is 0 Å². The topological polar surface area (TPSA) is 41.6 Å². The quantitative estimate of drug-likeness (QED) is 0.464. The lowest BCUT2D eigenvalue weighted by molar-refractivity contribution is 0.612. The Labute approximate surface area is 159 Å². The fourth-order valence-electron chi connectivity index (χ4n) is 3.30. The first-order chi connectivity index (χ1) is 13.2. The molecule has 4 nitrogen and oxygen atoms in total. The molecule has 0 atom stereocenters. The van der Waals surface area contributed by atoms with Gasteiger partial charge in [-0.3, -0.25) is 0 Å². The van der Waals surface area contributed by atoms with Crippen LogP contribution in [0.5, 0.6) is 0 Å². The van der Waals surface area contributed by atoms with Crippen LogP contribution < -0.4 is 10.3 Å². The third-order valence-electron chi connectivity index (χ3n) is 4.74. The fourth-order valence-corrected chi connectivity index (χ4v) is 3.30. The highest BCUT2D eigenvalue weighted by Crippen LogP contribution is 2.27. The summed E-state index contributed by atoms with van der Waals surface area (Å²) in [5, 5.41) is 0.859. The Morgan fingerprint density at radius 3 is 2.59 bits per heavy atom. The molecule has 0 saturated heterocycles. The summed E-state index contributed by atoms with van der Waals surface area (Å²) in [5.74, 6) is 0.744. The Morgan fingerprint density at radius 2 is 1.81 bits per heavy atom. The summed E-state index contributed by atoms with van der Waals surface area (Å²) in [6.45, 7) is 8.30. The maximum atomic E-state index is 6.18. The molecule has 0 unspecified atom stereocenters. The first-order valence-electron chi connectivity index (χ1n) is 9.37. The molecule has 136 valence electrons. The number of fused-ring (bicyclic) bond motifs is 2. The molecule has 4 rings (SSSR count). The second-order valence-electron chi connectivity index (χ2n) is 6.64. The van der Waals surface area contributed by atoms with Crippen molar-refractivity contribution in [2.24, 2.45) is 4.99 Å². The molecule has 1 aliphatic carbocycles. The lowest BCUT2D eigenvalue weighted by atomic mass is 10.2. The van der Waals surface area contributed by atoms with Crippen LogP contribution in [-0.2, 0) is 0 Å². The summed E-state index contributed by atoms with van der Waals surface area (Å²) in [6.07, 6.45) is 0. The van der Waals surface area contributed by atoms with E-state index in [2.05, 4.69) is 49.9 Å². The van der Waals surface area contributed by atoms with E-state index in [4.69, 9.17) is 14.4 Å². The number of rotatable bonds is 4. The van der Waals surface area contributed by atoms with Crippen LogP contribution in [0.4, 0.5) is 11.4 Å². The Bertz CT molecular complexity index is 1130. The van der Waals surface area contributed by atoms with Gasteiger partial charge < -0.3 is 9.32 Å². The van der Waals surface area contributed by atoms with E-state index in [0.717, 1.165) is 52.4 Å². The van der Waals surface area contributed by atoms with Crippen molar-refractivity contribution >= 4 is 22.5 Å². The molecule has 4 heteroatoms. The van der Waals surface area contributed by atoms with E-state index in [9.17, 15) is 0 Å². The molecule has 1 aliphatic heterocycles. The molecule has 1 heterocycles. The van der Waals surface area contributed by atoms with Gasteiger partial charge in [0.2, 0.25) is 0 Å². The van der Waals surface area contributed by atoms with Crippen LogP contribution in [0.15, 0.2) is 70.1 Å². The first kappa shape index (κ1) is 17.3. The molecule has 0 spiro atoms. The SMILES string of the molecule is CCN(CC)c1ccc2nc3ccc(=Nc4cccc(C)c4)cc-3oc2c1. The van der Waals surface area contributed by atoms with E-state index in [1.54, 1.807) is 0 Å². The van der Waals surface area contributed by atoms with E-state index in [1.165, 1.54) is 5.56 Å². The number of anilines is 1. The van der Waals surface area contributed by atoms with Crippen molar-refractivity contribution in [1.82, 2.24) is 4.98 Å². The zero-order chi connectivity index (χ0) is 18.8. The van der Waals surface area contributed by atoms with Gasteiger partial charge >= 0.3 is 0 Å². The highest BCUT2D eigenvalue weighted by Gasteiger charge is 2.10. The van der Waals surface area contributed by atoms with Gasteiger partial charge in [0.15, 0.2) is 11.3 Å². The van der Waals surface area contributed by atoms with Crippen molar-refractivity contribution in [2.75, 3.05) is 18.0 Å². The molecule has 0 amide bonds. The average molecular weight is 357 g/mol. The largest absolute Gasteiger partial charge is 0.453 e. The summed E-state index contributed by atoms with van der Waals surface area (Å²) in [5.41, 5.74) is 5.77. The molecule has 2 aromatic rings. The Balaban J connectivity index is 1.82. The van der Waals surface area contributed by atoms with Crippen molar-refractivity contribution in [2.45, 2.75) is 20.8 Å². The third kappa shape index (κ3) is 3.56. The molecule has 0 bridgehead atoms. The maximum absolute atomic E-state index is 6.18. The van der Waals surface area contributed by atoms with Crippen molar-refractivity contribution in [3.8, 4) is 11.5 Å². The van der Waals surface area contributed by atoms with Gasteiger partial charge in [-0.1, -0.05) is 12.1 Å². The molecule has 0 radical (unpaired) electrons. The average Bonchev–Trinajstić information content (AvgIpc) is 2.67. The molecule has 0 fully saturated rings. The number of aromatic nitrogens is 1. The molecular formula is C23H23N3O. The van der Waals surface area contributed by atoms with Gasteiger partial charge in [-0.25, -0.2) is 9.98 Å². The molecular weight excluding hydrogens is 334 g/mol. The summed E-state index contributed by atoms with van der Waals surface area (Å²) in [7, 11) is 0. The van der Waals surface area contributed by atoms with E-state index in [0.29, 0.717) is 0 Å². The minimum absolute atomic E-state index is 0.744. The Hall–Kier alpha value is -3.14. The smallest absolute Gasteiger partial charge is 0.155 e. The van der Waals surface area contributed by atoms with Gasteiger partial charge in [-0.05, 0) is 62.7 Å². The lowest BCUT2D eigenvalue weighted by Crippen LogP contribution is -2.21. The molecule has 27 heavy (non-hydrogen) atoms. The predicted molar refractivity (Wildman–Crippen MR) is 111 cm³/mol. The molecule has 0 aromatic heterocycles. The highest BCUT2D eigenvalue weighted by molar-refractivity contribution is 5.80. The second-order valence-corrected chi connectivity index (χ2v) is 6.64. The number of hydrogen-bond acceptors (Lipinski definition) is 4. The summed E-state index contributed by atoms with van der Waals surface area (Å²) in [6, 6.07) is 20.2. The monoisotopic (exact) mass is 357 g/mol. The van der Waals surface area contributed by atoms with Crippen molar-refractivity contribution in [3.05, 3.63) is 71.6 Å². The molecule has 2 aliphatic rings. The van der Waals surface area contributed by atoms with Crippen LogP contribution in [0.25, 0.3) is 22.6 Å². The third-order valence-corrected chi connectivity index (χ3v) is 4.74. The van der Waals surface area contributed by atoms with E-state index < -0.39 is 0 Å². The van der Waals surface area contributed by atoms with E-state index in [1.807, 2.05) is 36.4 Å². The second kappa shape index (κ2) is 7.23. The summed E-state index contributed by atoms with van der Waals surface area (Å²) >= 11 is 0.